The molecule has 1 unspecified atom stereocenters. The summed E-state index contributed by atoms with van der Waals surface area (Å²) in [6, 6.07) is 16.2. The van der Waals surface area contributed by atoms with Crippen molar-refractivity contribution < 1.29 is 46.9 Å². The molecule has 2 heterocycles. The van der Waals surface area contributed by atoms with Gasteiger partial charge >= 0.3 is 25.5 Å². The minimum absolute atomic E-state index is 0.0381. The van der Waals surface area contributed by atoms with Gasteiger partial charge in [0.05, 0.1) is 37.6 Å². The zero-order valence-electron chi connectivity index (χ0n) is 24.4. The second-order valence-corrected chi connectivity index (χ2v) is 11.7. The Bertz CT molecular complexity index is 1540. The lowest BCUT2D eigenvalue weighted by molar-refractivity contribution is -0.0523. The third kappa shape index (κ3) is 7.67. The first-order valence-electron chi connectivity index (χ1n) is 13.9. The Kier molecular flexibility index (Phi) is 11.2. The Hall–Kier alpha value is -4.16. The van der Waals surface area contributed by atoms with E-state index >= 15 is 0 Å². The molecule has 4 atom stereocenters. The zero-order valence-corrected chi connectivity index (χ0v) is 25.3. The van der Waals surface area contributed by atoms with Crippen LogP contribution in [0.3, 0.4) is 0 Å². The van der Waals surface area contributed by atoms with Gasteiger partial charge in [0, 0.05) is 12.4 Å². The summed E-state index contributed by atoms with van der Waals surface area (Å²) in [4.78, 5) is 56.1. The zero-order chi connectivity index (χ0) is 31.7. The maximum absolute atomic E-state index is 13.4. The second-order valence-electron chi connectivity index (χ2n) is 9.48. The molecule has 44 heavy (non-hydrogen) atoms. The molecule has 0 aliphatic carbocycles. The molecule has 1 saturated heterocycles. The van der Waals surface area contributed by atoms with E-state index in [1.54, 1.807) is 62.4 Å². The van der Waals surface area contributed by atoms with E-state index in [-0.39, 0.29) is 36.9 Å². The van der Waals surface area contributed by atoms with Crippen LogP contribution in [0.5, 0.6) is 0 Å². The molecule has 3 aromatic rings. The summed E-state index contributed by atoms with van der Waals surface area (Å²) in [5.41, 5.74) is -1.03. The van der Waals surface area contributed by atoms with Gasteiger partial charge in [0.2, 0.25) is 5.69 Å². The van der Waals surface area contributed by atoms with Crippen molar-refractivity contribution in [3.8, 4) is 0 Å². The summed E-state index contributed by atoms with van der Waals surface area (Å²) in [5, 5.41) is 0. The van der Waals surface area contributed by atoms with E-state index in [2.05, 4.69) is 9.72 Å². The number of esters is 3. The predicted octanol–water partition coefficient (Wildman–Crippen LogP) is 4.03. The molecule has 4 rings (SSSR count). The van der Waals surface area contributed by atoms with Gasteiger partial charge in [0.25, 0.3) is 5.56 Å². The molecule has 2 aromatic carbocycles. The fourth-order valence-electron chi connectivity index (χ4n) is 4.67. The smallest absolute Gasteiger partial charge is 0.362 e. The Labute approximate surface area is 253 Å². The highest BCUT2D eigenvalue weighted by Crippen LogP contribution is 2.50. The van der Waals surface area contributed by atoms with E-state index in [9.17, 15) is 23.7 Å². The Morgan fingerprint density at radius 2 is 1.41 bits per heavy atom. The van der Waals surface area contributed by atoms with Gasteiger partial charge in [-0.05, 0) is 44.5 Å². The Balaban J connectivity index is 1.78. The number of benzene rings is 2. The molecule has 0 radical (unpaired) electrons. The first kappa shape index (κ1) is 32.7. The lowest BCUT2D eigenvalue weighted by atomic mass is 10.1. The van der Waals surface area contributed by atoms with E-state index in [0.717, 1.165) is 11.7 Å². The van der Waals surface area contributed by atoms with Gasteiger partial charge in [-0.25, -0.2) is 19.4 Å². The van der Waals surface area contributed by atoms with Crippen LogP contribution in [0.2, 0.25) is 0 Å². The molecular formula is C30H33N2O11P. The monoisotopic (exact) mass is 628 g/mol. The molecule has 0 saturated carbocycles. The summed E-state index contributed by atoms with van der Waals surface area (Å²) in [6.07, 6.45) is -2.89. The third-order valence-corrected chi connectivity index (χ3v) is 8.76. The van der Waals surface area contributed by atoms with Crippen LogP contribution in [0.15, 0.2) is 77.9 Å². The van der Waals surface area contributed by atoms with Crippen molar-refractivity contribution in [2.45, 2.75) is 44.8 Å². The SMILES string of the molecule is CCOP(=O)(CC[C@H]1O[C@@H](n2ccnc(C(=O)OC)c2=O)C(OC(=O)c2ccccc2)[C@@H]1OC(=O)c1ccccc1)OCC. The Morgan fingerprint density at radius 3 is 1.93 bits per heavy atom. The predicted molar refractivity (Wildman–Crippen MR) is 155 cm³/mol. The van der Waals surface area contributed by atoms with Crippen molar-refractivity contribution in [1.82, 2.24) is 9.55 Å². The molecule has 0 N–H and O–H groups in total. The highest BCUT2D eigenvalue weighted by molar-refractivity contribution is 7.53. The summed E-state index contributed by atoms with van der Waals surface area (Å²) in [6.45, 7) is 3.59. The Morgan fingerprint density at radius 1 is 0.864 bits per heavy atom. The van der Waals surface area contributed by atoms with Crippen LogP contribution in [-0.2, 0) is 32.6 Å². The van der Waals surface area contributed by atoms with Gasteiger partial charge < -0.3 is 28.0 Å². The molecule has 0 spiro atoms. The number of hydrogen-bond donors (Lipinski definition) is 0. The summed E-state index contributed by atoms with van der Waals surface area (Å²) >= 11 is 0. The van der Waals surface area contributed by atoms with Crippen LogP contribution in [0.4, 0.5) is 0 Å². The van der Waals surface area contributed by atoms with Crippen molar-refractivity contribution in [2.24, 2.45) is 0 Å². The van der Waals surface area contributed by atoms with E-state index in [1.165, 1.54) is 24.5 Å². The molecule has 14 heteroatoms. The number of hydrogen-bond acceptors (Lipinski definition) is 12. The van der Waals surface area contributed by atoms with Gasteiger partial charge in [-0.2, -0.15) is 0 Å². The maximum atomic E-state index is 13.4. The third-order valence-electron chi connectivity index (χ3n) is 6.65. The topological polar surface area (TPSA) is 159 Å². The highest BCUT2D eigenvalue weighted by atomic mass is 31.2. The number of methoxy groups -OCH3 is 1. The summed E-state index contributed by atoms with van der Waals surface area (Å²) < 4.78 is 47.9. The molecule has 0 bridgehead atoms. The van der Waals surface area contributed by atoms with Crippen molar-refractivity contribution in [3.63, 3.8) is 0 Å². The lowest BCUT2D eigenvalue weighted by Crippen LogP contribution is -2.42. The first-order chi connectivity index (χ1) is 21.2. The van der Waals surface area contributed by atoms with Crippen molar-refractivity contribution >= 4 is 25.5 Å². The van der Waals surface area contributed by atoms with Gasteiger partial charge in [0.15, 0.2) is 18.4 Å². The molecule has 0 amide bonds. The average molecular weight is 629 g/mol. The van der Waals surface area contributed by atoms with E-state index < -0.39 is 61.3 Å². The maximum Gasteiger partial charge on any atom is 0.362 e. The van der Waals surface area contributed by atoms with Gasteiger partial charge in [-0.15, -0.1) is 0 Å². The van der Waals surface area contributed by atoms with Crippen LogP contribution in [0.25, 0.3) is 0 Å². The molecule has 13 nitrogen and oxygen atoms in total. The normalized spacial score (nSPS) is 19.7. The quantitative estimate of drug-likeness (QED) is 0.152. The van der Waals surface area contributed by atoms with Crippen molar-refractivity contribution in [2.75, 3.05) is 26.5 Å². The van der Waals surface area contributed by atoms with Crippen LogP contribution in [0, 0.1) is 0 Å². The number of rotatable bonds is 13. The first-order valence-corrected chi connectivity index (χ1v) is 15.6. The van der Waals surface area contributed by atoms with Gasteiger partial charge in [-0.1, -0.05) is 36.4 Å². The van der Waals surface area contributed by atoms with Crippen LogP contribution in [0.1, 0.15) is 57.7 Å². The lowest BCUT2D eigenvalue weighted by Gasteiger charge is -2.25. The standard InChI is InChI=1S/C30H33N2O11P/c1-4-39-44(37,40-5-2)19-16-22-24(42-28(34)20-12-8-6-9-13-20)25(43-29(35)21-14-10-7-11-15-21)27(41-22)32-18-17-31-23(26(32)33)30(36)38-3/h6-15,17-18,22,24-25,27H,4-5,16,19H2,1-3H3/t22-,24-,25?,27-/m1/s1. The number of ether oxygens (including phenoxy) is 4. The number of nitrogens with zero attached hydrogens (tertiary/aromatic N) is 2. The van der Waals surface area contributed by atoms with Crippen molar-refractivity contribution in [3.05, 3.63) is 100 Å². The largest absolute Gasteiger partial charge is 0.464 e. The van der Waals surface area contributed by atoms with E-state index in [4.69, 9.17) is 23.3 Å². The minimum atomic E-state index is -3.58. The van der Waals surface area contributed by atoms with Crippen molar-refractivity contribution in [1.29, 1.82) is 0 Å². The molecule has 1 fully saturated rings. The summed E-state index contributed by atoms with van der Waals surface area (Å²) in [5.74, 6) is -2.52. The van der Waals surface area contributed by atoms with Crippen LogP contribution in [-0.4, -0.2) is 72.3 Å². The van der Waals surface area contributed by atoms with Crippen LogP contribution >= 0.6 is 7.60 Å². The molecule has 1 aliphatic rings. The van der Waals surface area contributed by atoms with Crippen LogP contribution < -0.4 is 5.56 Å². The molecule has 1 aromatic heterocycles. The average Bonchev–Trinajstić information content (AvgIpc) is 3.36. The molecule has 1 aliphatic heterocycles. The minimum Gasteiger partial charge on any atom is -0.464 e. The fraction of sp³-hybridized carbons (Fsp3) is 0.367. The van der Waals surface area contributed by atoms with Gasteiger partial charge in [-0.3, -0.25) is 13.9 Å². The second kappa shape index (κ2) is 15.0. The van der Waals surface area contributed by atoms with Gasteiger partial charge in [0.1, 0.15) is 6.10 Å². The van der Waals surface area contributed by atoms with E-state index in [1.807, 2.05) is 0 Å². The molecular weight excluding hydrogens is 595 g/mol. The molecule has 234 valence electrons. The number of carbonyl (C=O) groups excluding carboxylic acids is 3. The summed E-state index contributed by atoms with van der Waals surface area (Å²) in [7, 11) is -2.48. The van der Waals surface area contributed by atoms with E-state index in [0.29, 0.717) is 0 Å². The number of carbonyl (C=O) groups is 3. The fourth-order valence-corrected chi connectivity index (χ4v) is 6.36. The highest BCUT2D eigenvalue weighted by Gasteiger charge is 2.51. The number of aromatic nitrogens is 2.